The molecule has 5 nitrogen and oxygen atoms in total. The van der Waals surface area contributed by atoms with Crippen LogP contribution in [0.15, 0.2) is 42.5 Å². The predicted molar refractivity (Wildman–Crippen MR) is 89.8 cm³/mol. The third kappa shape index (κ3) is 4.07. The highest BCUT2D eigenvalue weighted by atomic mass is 35.5. The first-order valence-electron chi connectivity index (χ1n) is 7.26. The van der Waals surface area contributed by atoms with Crippen LogP contribution in [-0.4, -0.2) is 10.8 Å². The summed E-state index contributed by atoms with van der Waals surface area (Å²) in [6, 6.07) is 11.6. The number of hydrogen-bond acceptors (Lipinski definition) is 3. The van der Waals surface area contributed by atoms with Crippen LogP contribution in [0.3, 0.4) is 0 Å². The lowest BCUT2D eigenvalue weighted by Gasteiger charge is -2.15. The number of rotatable bonds is 5. The maximum Gasteiger partial charge on any atom is 0.270 e. The van der Waals surface area contributed by atoms with Crippen molar-refractivity contribution in [2.45, 2.75) is 26.3 Å². The third-order valence-electron chi connectivity index (χ3n) is 3.64. The van der Waals surface area contributed by atoms with Gasteiger partial charge in [0, 0.05) is 12.1 Å². The third-order valence-corrected chi connectivity index (χ3v) is 3.96. The highest BCUT2D eigenvalue weighted by Crippen LogP contribution is 2.23. The van der Waals surface area contributed by atoms with Gasteiger partial charge in [0.25, 0.3) is 11.6 Å². The fourth-order valence-electron chi connectivity index (χ4n) is 2.20. The lowest BCUT2D eigenvalue weighted by atomic mass is 10.0. The molecule has 0 fully saturated rings. The van der Waals surface area contributed by atoms with Gasteiger partial charge in [0.15, 0.2) is 0 Å². The van der Waals surface area contributed by atoms with E-state index in [-0.39, 0.29) is 28.2 Å². The van der Waals surface area contributed by atoms with Crippen LogP contribution in [0.25, 0.3) is 0 Å². The van der Waals surface area contributed by atoms with Crippen LogP contribution in [0.2, 0.25) is 5.02 Å². The van der Waals surface area contributed by atoms with Gasteiger partial charge in [-0.1, -0.05) is 42.8 Å². The smallest absolute Gasteiger partial charge is 0.270 e. The van der Waals surface area contributed by atoms with E-state index in [0.29, 0.717) is 0 Å². The molecular formula is C17H17ClN2O3. The Morgan fingerprint density at radius 2 is 1.91 bits per heavy atom. The first-order chi connectivity index (χ1) is 10.9. The van der Waals surface area contributed by atoms with E-state index in [1.54, 1.807) is 0 Å². The summed E-state index contributed by atoms with van der Waals surface area (Å²) in [7, 11) is 0. The van der Waals surface area contributed by atoms with Gasteiger partial charge in [-0.3, -0.25) is 14.9 Å². The fraction of sp³-hybridized carbons (Fsp3) is 0.235. The summed E-state index contributed by atoms with van der Waals surface area (Å²) in [5.74, 6) is -0.364. The zero-order valence-electron chi connectivity index (χ0n) is 12.9. The van der Waals surface area contributed by atoms with Gasteiger partial charge in [0.2, 0.25) is 0 Å². The molecule has 1 unspecified atom stereocenters. The molecule has 1 amide bonds. The molecule has 120 valence electrons. The number of benzene rings is 2. The number of carbonyl (C=O) groups is 1. The van der Waals surface area contributed by atoms with Crippen molar-refractivity contribution in [2.75, 3.05) is 0 Å². The van der Waals surface area contributed by atoms with Crippen molar-refractivity contribution >= 4 is 23.2 Å². The number of aryl methyl sites for hydroxylation is 1. The van der Waals surface area contributed by atoms with Crippen molar-refractivity contribution in [1.29, 1.82) is 0 Å². The number of nitro groups is 1. The second-order valence-corrected chi connectivity index (χ2v) is 5.62. The predicted octanol–water partition coefficient (Wildman–Crippen LogP) is 4.30. The molecule has 1 atom stereocenters. The van der Waals surface area contributed by atoms with Gasteiger partial charge in [-0.2, -0.15) is 0 Å². The Kier molecular flexibility index (Phi) is 5.34. The van der Waals surface area contributed by atoms with Gasteiger partial charge in [-0.15, -0.1) is 0 Å². The van der Waals surface area contributed by atoms with E-state index in [0.717, 1.165) is 12.0 Å². The highest BCUT2D eigenvalue weighted by molar-refractivity contribution is 6.34. The van der Waals surface area contributed by atoms with Crippen molar-refractivity contribution in [3.8, 4) is 0 Å². The molecule has 0 spiro atoms. The number of halogens is 1. The van der Waals surface area contributed by atoms with Crippen LogP contribution in [0.1, 0.15) is 41.4 Å². The molecule has 6 heteroatoms. The number of non-ortho nitro benzene ring substituents is 1. The molecule has 0 aliphatic carbocycles. The lowest BCUT2D eigenvalue weighted by molar-refractivity contribution is -0.384. The Bertz CT molecular complexity index is 729. The largest absolute Gasteiger partial charge is 0.345 e. The molecule has 0 bridgehead atoms. The minimum absolute atomic E-state index is 0.0604. The van der Waals surface area contributed by atoms with Gasteiger partial charge in [0.05, 0.1) is 21.6 Å². The second-order valence-electron chi connectivity index (χ2n) is 5.21. The maximum absolute atomic E-state index is 12.3. The van der Waals surface area contributed by atoms with Crippen LogP contribution in [0.5, 0.6) is 0 Å². The standard InChI is InChI=1S/C17H17ClN2O3/c1-3-12-4-6-13(7-5-12)11(2)19-17(21)15-9-8-14(20(22)23)10-16(15)18/h4-11H,3H2,1-2H3,(H,19,21). The van der Waals surface area contributed by atoms with Crippen molar-refractivity contribution in [1.82, 2.24) is 5.32 Å². The second kappa shape index (κ2) is 7.24. The number of nitro benzene ring substituents is 1. The zero-order chi connectivity index (χ0) is 17.0. The number of hydrogen-bond donors (Lipinski definition) is 1. The molecule has 2 aromatic rings. The number of amides is 1. The summed E-state index contributed by atoms with van der Waals surface area (Å²) in [5, 5.41) is 13.6. The van der Waals surface area contributed by atoms with Crippen molar-refractivity contribution < 1.29 is 9.72 Å². The van der Waals surface area contributed by atoms with E-state index in [4.69, 9.17) is 11.6 Å². The summed E-state index contributed by atoms with van der Waals surface area (Å²) in [5.41, 5.74) is 2.28. The molecule has 0 saturated carbocycles. The number of nitrogens with one attached hydrogen (secondary N) is 1. The summed E-state index contributed by atoms with van der Waals surface area (Å²) in [4.78, 5) is 22.4. The maximum atomic E-state index is 12.3. The Labute approximate surface area is 139 Å². The van der Waals surface area contributed by atoms with Crippen LogP contribution in [0.4, 0.5) is 5.69 Å². The minimum Gasteiger partial charge on any atom is -0.345 e. The molecule has 2 aromatic carbocycles. The van der Waals surface area contributed by atoms with Gasteiger partial charge in [0.1, 0.15) is 0 Å². The molecule has 1 N–H and O–H groups in total. The average Bonchev–Trinajstić information content (AvgIpc) is 2.54. The van der Waals surface area contributed by atoms with E-state index in [1.807, 2.05) is 31.2 Å². The fourth-order valence-corrected chi connectivity index (χ4v) is 2.46. The first-order valence-corrected chi connectivity index (χ1v) is 7.63. The average molecular weight is 333 g/mol. The number of nitrogens with zero attached hydrogens (tertiary/aromatic N) is 1. The van der Waals surface area contributed by atoms with Crippen LogP contribution >= 0.6 is 11.6 Å². The molecular weight excluding hydrogens is 316 g/mol. The summed E-state index contributed by atoms with van der Waals surface area (Å²) >= 11 is 5.97. The van der Waals surface area contributed by atoms with Crippen molar-refractivity contribution in [3.63, 3.8) is 0 Å². The zero-order valence-corrected chi connectivity index (χ0v) is 13.6. The van der Waals surface area contributed by atoms with Crippen LogP contribution < -0.4 is 5.32 Å². The Morgan fingerprint density at radius 3 is 2.43 bits per heavy atom. The molecule has 0 saturated heterocycles. The van der Waals surface area contributed by atoms with Crippen LogP contribution in [-0.2, 0) is 6.42 Å². The van der Waals surface area contributed by atoms with E-state index in [9.17, 15) is 14.9 Å². The van der Waals surface area contributed by atoms with Crippen molar-refractivity contribution in [3.05, 3.63) is 74.3 Å². The lowest BCUT2D eigenvalue weighted by Crippen LogP contribution is -2.26. The van der Waals surface area contributed by atoms with Crippen molar-refractivity contribution in [2.24, 2.45) is 0 Å². The SMILES string of the molecule is CCc1ccc(C(C)NC(=O)c2ccc([N+](=O)[O-])cc2Cl)cc1. The number of carbonyl (C=O) groups excluding carboxylic acids is 1. The van der Waals surface area contributed by atoms with Gasteiger partial charge in [-0.05, 0) is 30.5 Å². The molecule has 2 rings (SSSR count). The Balaban J connectivity index is 2.12. The monoisotopic (exact) mass is 332 g/mol. The topological polar surface area (TPSA) is 72.2 Å². The van der Waals surface area contributed by atoms with Gasteiger partial charge >= 0.3 is 0 Å². The summed E-state index contributed by atoms with van der Waals surface area (Å²) in [6.45, 7) is 3.95. The molecule has 0 aromatic heterocycles. The molecule has 0 heterocycles. The molecule has 23 heavy (non-hydrogen) atoms. The molecule has 0 aliphatic rings. The molecule has 0 radical (unpaired) electrons. The quantitative estimate of drug-likeness (QED) is 0.655. The van der Waals surface area contributed by atoms with E-state index < -0.39 is 4.92 Å². The summed E-state index contributed by atoms with van der Waals surface area (Å²) < 4.78 is 0. The minimum atomic E-state index is -0.550. The van der Waals surface area contributed by atoms with E-state index >= 15 is 0 Å². The Hall–Kier alpha value is -2.40. The highest BCUT2D eigenvalue weighted by Gasteiger charge is 2.17. The van der Waals surface area contributed by atoms with E-state index in [2.05, 4.69) is 12.2 Å². The van der Waals surface area contributed by atoms with Gasteiger partial charge in [-0.25, -0.2) is 0 Å². The molecule has 0 aliphatic heterocycles. The van der Waals surface area contributed by atoms with E-state index in [1.165, 1.54) is 23.8 Å². The Morgan fingerprint density at radius 1 is 1.26 bits per heavy atom. The first kappa shape index (κ1) is 17.0. The summed E-state index contributed by atoms with van der Waals surface area (Å²) in [6.07, 6.45) is 0.958. The van der Waals surface area contributed by atoms with Gasteiger partial charge < -0.3 is 5.32 Å². The van der Waals surface area contributed by atoms with Crippen LogP contribution in [0, 0.1) is 10.1 Å². The normalized spacial score (nSPS) is 11.8.